The van der Waals surface area contributed by atoms with Gasteiger partial charge >= 0.3 is 5.97 Å². The molecule has 6 N–H and O–H groups in total. The fourth-order valence-corrected chi connectivity index (χ4v) is 3.59. The normalized spacial score (nSPS) is 10.9. The van der Waals surface area contributed by atoms with Gasteiger partial charge in [0.2, 0.25) is 0 Å². The van der Waals surface area contributed by atoms with Crippen LogP contribution in [0.2, 0.25) is 0 Å². The van der Waals surface area contributed by atoms with Crippen LogP contribution >= 0.6 is 0 Å². The molecular weight excluding hydrogens is 424 g/mol. The number of phenols is 2. The lowest BCUT2D eigenvalue weighted by Gasteiger charge is -2.08. The second-order valence-corrected chi connectivity index (χ2v) is 7.55. The van der Waals surface area contributed by atoms with Gasteiger partial charge < -0.3 is 30.8 Å². The zero-order valence-corrected chi connectivity index (χ0v) is 17.8. The number of nitrogen functional groups attached to an aromatic ring is 2. The van der Waals surface area contributed by atoms with Gasteiger partial charge in [-0.05, 0) is 36.8 Å². The second kappa shape index (κ2) is 8.58. The summed E-state index contributed by atoms with van der Waals surface area (Å²) in [5.74, 6) is -1.37. The molecule has 0 radical (unpaired) electrons. The minimum atomic E-state index is -0.642. The van der Waals surface area contributed by atoms with Gasteiger partial charge in [-0.1, -0.05) is 25.1 Å². The van der Waals surface area contributed by atoms with Crippen molar-refractivity contribution >= 4 is 34.1 Å². The first-order chi connectivity index (χ1) is 15.8. The van der Waals surface area contributed by atoms with E-state index in [1.54, 1.807) is 30.3 Å². The highest BCUT2D eigenvalue weighted by atomic mass is 16.5. The van der Waals surface area contributed by atoms with Crippen molar-refractivity contribution in [1.82, 2.24) is 0 Å². The van der Waals surface area contributed by atoms with Gasteiger partial charge in [-0.15, -0.1) is 0 Å². The number of furan rings is 1. The highest BCUT2D eigenvalue weighted by Crippen LogP contribution is 2.38. The van der Waals surface area contributed by atoms with E-state index in [1.807, 2.05) is 6.92 Å². The number of hydrogen-bond acceptors (Lipinski definition) is 8. The van der Waals surface area contributed by atoms with Crippen molar-refractivity contribution in [2.75, 3.05) is 11.5 Å². The summed E-state index contributed by atoms with van der Waals surface area (Å²) >= 11 is 0. The number of hydrogen-bond donors (Lipinski definition) is 4. The molecule has 0 aliphatic rings. The molecule has 4 aromatic rings. The van der Waals surface area contributed by atoms with E-state index in [1.165, 1.54) is 24.3 Å². The lowest BCUT2D eigenvalue weighted by molar-refractivity contribution is 0.0729. The molecule has 0 fully saturated rings. The Kier molecular flexibility index (Phi) is 5.66. The molecule has 0 aliphatic heterocycles. The lowest BCUT2D eigenvalue weighted by atomic mass is 9.97. The summed E-state index contributed by atoms with van der Waals surface area (Å²) in [6, 6.07) is 13.7. The van der Waals surface area contributed by atoms with Crippen molar-refractivity contribution in [2.45, 2.75) is 19.8 Å². The van der Waals surface area contributed by atoms with E-state index in [9.17, 15) is 19.8 Å². The predicted octanol–water partition coefficient (Wildman–Crippen LogP) is 4.41. The molecule has 0 saturated carbocycles. The van der Waals surface area contributed by atoms with Crippen LogP contribution in [0, 0.1) is 0 Å². The van der Waals surface area contributed by atoms with Crippen LogP contribution in [0.1, 0.15) is 45.4 Å². The maximum atomic E-state index is 13.4. The van der Waals surface area contributed by atoms with Gasteiger partial charge in [0.25, 0.3) is 0 Å². The van der Waals surface area contributed by atoms with E-state index in [0.29, 0.717) is 29.6 Å². The van der Waals surface area contributed by atoms with Gasteiger partial charge in [0, 0.05) is 23.4 Å². The largest absolute Gasteiger partial charge is 0.504 e. The quantitative estimate of drug-likeness (QED) is 0.112. The van der Waals surface area contributed by atoms with Crippen molar-refractivity contribution in [3.05, 3.63) is 77.0 Å². The lowest BCUT2D eigenvalue weighted by Crippen LogP contribution is -2.08. The Balaban J connectivity index is 1.79. The van der Waals surface area contributed by atoms with Crippen LogP contribution in [0.4, 0.5) is 11.4 Å². The summed E-state index contributed by atoms with van der Waals surface area (Å²) in [5, 5.41) is 20.7. The number of esters is 1. The number of rotatable bonds is 6. The number of anilines is 2. The van der Waals surface area contributed by atoms with Crippen molar-refractivity contribution in [2.24, 2.45) is 0 Å². The van der Waals surface area contributed by atoms with E-state index in [2.05, 4.69) is 0 Å². The van der Waals surface area contributed by atoms with Gasteiger partial charge in [-0.25, -0.2) is 4.79 Å². The predicted molar refractivity (Wildman–Crippen MR) is 124 cm³/mol. The zero-order valence-electron chi connectivity index (χ0n) is 17.8. The molecule has 4 rings (SSSR count). The maximum Gasteiger partial charge on any atom is 0.343 e. The van der Waals surface area contributed by atoms with Gasteiger partial charge in [-0.2, -0.15) is 0 Å². The van der Waals surface area contributed by atoms with Crippen molar-refractivity contribution < 1.29 is 29.0 Å². The van der Waals surface area contributed by atoms with Crippen LogP contribution < -0.4 is 16.2 Å². The number of carbonyl (C=O) groups is 2. The van der Waals surface area contributed by atoms with Gasteiger partial charge in [0.05, 0.1) is 22.5 Å². The first kappa shape index (κ1) is 21.8. The highest BCUT2D eigenvalue weighted by Gasteiger charge is 2.25. The summed E-state index contributed by atoms with van der Waals surface area (Å²) in [7, 11) is 0. The summed E-state index contributed by atoms with van der Waals surface area (Å²) in [5.41, 5.74) is 12.5. The summed E-state index contributed by atoms with van der Waals surface area (Å²) in [6.45, 7) is 1.93. The molecule has 1 aromatic heterocycles. The van der Waals surface area contributed by atoms with Crippen molar-refractivity contribution in [3.8, 4) is 17.2 Å². The maximum absolute atomic E-state index is 13.4. The van der Waals surface area contributed by atoms with Crippen molar-refractivity contribution in [1.29, 1.82) is 0 Å². The average molecular weight is 446 g/mol. The number of fused-ring (bicyclic) bond motifs is 1. The Morgan fingerprint density at radius 3 is 2.27 bits per heavy atom. The van der Waals surface area contributed by atoms with Gasteiger partial charge in [0.1, 0.15) is 11.3 Å². The SMILES string of the molecule is CCCc1oc2cc(OC(=O)c3ccccc3)c(O)cc2c1C(=O)c1cc(N)c(O)c(N)c1. The molecule has 33 heavy (non-hydrogen) atoms. The number of ketones is 1. The van der Waals surface area contributed by atoms with E-state index in [0.717, 1.165) is 0 Å². The second-order valence-electron chi connectivity index (χ2n) is 7.55. The van der Waals surface area contributed by atoms with Gasteiger partial charge in [0.15, 0.2) is 23.0 Å². The smallest absolute Gasteiger partial charge is 0.343 e. The fraction of sp³-hybridized carbons (Fsp3) is 0.120. The number of ether oxygens (including phenoxy) is 1. The van der Waals surface area contributed by atoms with Crippen LogP contribution in [-0.2, 0) is 6.42 Å². The van der Waals surface area contributed by atoms with E-state index < -0.39 is 11.8 Å². The standard InChI is InChI=1S/C25H22N2O6/c1-2-6-19-22(23(29)14-9-16(26)24(30)17(27)10-14)15-11-18(28)21(12-20(15)32-19)33-25(31)13-7-4-3-5-8-13/h3-5,7-12,28,30H,2,6,26-27H2,1H3. The molecule has 0 atom stereocenters. The first-order valence-corrected chi connectivity index (χ1v) is 10.3. The molecule has 0 spiro atoms. The molecule has 1 heterocycles. The number of phenolic OH excluding ortho intramolecular Hbond substituents is 2. The van der Waals surface area contributed by atoms with Crippen LogP contribution in [0.3, 0.4) is 0 Å². The van der Waals surface area contributed by atoms with Crippen LogP contribution in [0.5, 0.6) is 17.2 Å². The minimum absolute atomic E-state index is 0.0267. The number of aryl methyl sites for hydroxylation is 1. The van der Waals surface area contributed by atoms with E-state index in [4.69, 9.17) is 20.6 Å². The molecule has 0 amide bonds. The van der Waals surface area contributed by atoms with Gasteiger partial charge in [-0.3, -0.25) is 4.79 Å². The third-order valence-electron chi connectivity index (χ3n) is 5.19. The molecule has 3 aromatic carbocycles. The van der Waals surface area contributed by atoms with Crippen LogP contribution in [0.25, 0.3) is 11.0 Å². The van der Waals surface area contributed by atoms with E-state index >= 15 is 0 Å². The number of aromatic hydroxyl groups is 2. The zero-order chi connectivity index (χ0) is 23.7. The molecule has 8 heteroatoms. The molecule has 0 aliphatic carbocycles. The topological polar surface area (TPSA) is 149 Å². The monoisotopic (exact) mass is 446 g/mol. The number of benzene rings is 3. The highest BCUT2D eigenvalue weighted by molar-refractivity contribution is 6.18. The first-order valence-electron chi connectivity index (χ1n) is 10.3. The molecule has 0 unspecified atom stereocenters. The minimum Gasteiger partial charge on any atom is -0.504 e. The molecular formula is C25H22N2O6. The van der Waals surface area contributed by atoms with Crippen LogP contribution in [0.15, 0.2) is 59.0 Å². The van der Waals surface area contributed by atoms with Crippen molar-refractivity contribution in [3.63, 3.8) is 0 Å². The Morgan fingerprint density at radius 2 is 1.64 bits per heavy atom. The Labute approximate surface area is 189 Å². The molecule has 168 valence electrons. The van der Waals surface area contributed by atoms with Crippen LogP contribution in [-0.4, -0.2) is 22.0 Å². The average Bonchev–Trinajstić information content (AvgIpc) is 3.14. The fourth-order valence-electron chi connectivity index (χ4n) is 3.59. The third kappa shape index (κ3) is 4.06. The number of nitrogens with two attached hydrogens (primary N) is 2. The molecule has 0 bridgehead atoms. The Hall–Kier alpha value is -4.46. The summed E-state index contributed by atoms with van der Waals surface area (Å²) in [6.07, 6.45) is 1.15. The Bertz CT molecular complexity index is 1350. The van der Waals surface area contributed by atoms with E-state index in [-0.39, 0.29) is 45.3 Å². The molecule has 8 nitrogen and oxygen atoms in total. The number of carbonyl (C=O) groups excluding carboxylic acids is 2. The third-order valence-corrected chi connectivity index (χ3v) is 5.19. The summed E-state index contributed by atoms with van der Waals surface area (Å²) in [4.78, 5) is 25.8. The summed E-state index contributed by atoms with van der Waals surface area (Å²) < 4.78 is 11.3. The molecule has 0 saturated heterocycles. The Morgan fingerprint density at radius 1 is 0.970 bits per heavy atom.